The van der Waals surface area contributed by atoms with Gasteiger partial charge < -0.3 is 14.7 Å². The highest BCUT2D eigenvalue weighted by atomic mass is 32.2. The van der Waals surface area contributed by atoms with Crippen LogP contribution in [0.2, 0.25) is 0 Å². The molecule has 1 amide bonds. The molecule has 2 fully saturated rings. The Morgan fingerprint density at radius 2 is 1.89 bits per heavy atom. The summed E-state index contributed by atoms with van der Waals surface area (Å²) < 4.78 is 30.9. The van der Waals surface area contributed by atoms with Gasteiger partial charge in [0.15, 0.2) is 6.23 Å². The Labute approximate surface area is 163 Å². The number of aliphatic hydroxyl groups is 1. The minimum atomic E-state index is -1.26. The van der Waals surface area contributed by atoms with Crippen molar-refractivity contribution in [2.75, 3.05) is 42.6 Å². The predicted molar refractivity (Wildman–Crippen MR) is 101 cm³/mol. The second-order valence-electron chi connectivity index (χ2n) is 6.53. The number of anilines is 1. The number of amides is 1. The molecule has 10 heteroatoms. The zero-order valence-electron chi connectivity index (χ0n) is 15.0. The second-order valence-corrected chi connectivity index (χ2v) is 8.22. The van der Waals surface area contributed by atoms with E-state index < -0.39 is 28.9 Å². The van der Waals surface area contributed by atoms with Gasteiger partial charge in [-0.15, -0.1) is 0 Å². The Morgan fingerprint density at radius 1 is 1.18 bits per heavy atom. The molecular weight excluding hydrogens is 387 g/mol. The van der Waals surface area contributed by atoms with E-state index in [1.807, 2.05) is 4.90 Å². The highest BCUT2D eigenvalue weighted by Gasteiger charge is 2.29. The molecule has 1 atom stereocenters. The largest absolute Gasteiger partial charge is 0.447 e. The number of carbonyl (C=O) groups excluding carboxylic acids is 1. The summed E-state index contributed by atoms with van der Waals surface area (Å²) in [6, 6.07) is 4.28. The fourth-order valence-corrected chi connectivity index (χ4v) is 4.25. The molecule has 28 heavy (non-hydrogen) atoms. The van der Waals surface area contributed by atoms with Gasteiger partial charge in [0.1, 0.15) is 12.4 Å². The van der Waals surface area contributed by atoms with E-state index in [9.17, 15) is 18.5 Å². The Hall–Kier alpha value is -2.59. The second kappa shape index (κ2) is 7.80. The first-order chi connectivity index (χ1) is 13.5. The number of cyclic esters (lactones) is 1. The van der Waals surface area contributed by atoms with Crippen LogP contribution in [0.4, 0.5) is 15.1 Å². The summed E-state index contributed by atoms with van der Waals surface area (Å²) >= 11 is 0. The summed E-state index contributed by atoms with van der Waals surface area (Å²) in [7, 11) is -0.781. The van der Waals surface area contributed by atoms with Gasteiger partial charge in [-0.25, -0.2) is 19.2 Å². The number of ether oxygens (including phenoxy) is 1. The van der Waals surface area contributed by atoms with Crippen LogP contribution < -0.4 is 4.90 Å². The van der Waals surface area contributed by atoms with Crippen molar-refractivity contribution in [1.82, 2.24) is 14.9 Å². The quantitative estimate of drug-likeness (QED) is 0.817. The van der Waals surface area contributed by atoms with Crippen molar-refractivity contribution in [2.24, 2.45) is 0 Å². The normalized spacial score (nSPS) is 19.0. The number of rotatable bonds is 4. The van der Waals surface area contributed by atoms with Gasteiger partial charge in [0.25, 0.3) is 0 Å². The summed E-state index contributed by atoms with van der Waals surface area (Å²) in [5.74, 6) is 1.16. The first-order valence-corrected chi connectivity index (χ1v) is 10.3. The Kier molecular flexibility index (Phi) is 5.23. The molecule has 0 saturated carbocycles. The molecule has 0 radical (unpaired) electrons. The molecule has 148 valence electrons. The molecule has 1 unspecified atom stereocenters. The first-order valence-electron chi connectivity index (χ1n) is 8.86. The lowest BCUT2D eigenvalue weighted by Gasteiger charge is -2.26. The van der Waals surface area contributed by atoms with Crippen molar-refractivity contribution in [3.05, 3.63) is 42.0 Å². The third-order valence-electron chi connectivity index (χ3n) is 4.79. The number of aromatic nitrogens is 2. The van der Waals surface area contributed by atoms with E-state index in [1.165, 1.54) is 12.1 Å². The average molecular weight is 406 g/mol. The minimum absolute atomic E-state index is 0.201. The molecule has 2 aliphatic heterocycles. The number of aliphatic hydroxyl groups excluding tert-OH is 1. The van der Waals surface area contributed by atoms with Crippen molar-refractivity contribution in [3.8, 4) is 11.1 Å². The van der Waals surface area contributed by atoms with Gasteiger partial charge in [-0.2, -0.15) is 0 Å². The number of halogens is 1. The van der Waals surface area contributed by atoms with Crippen molar-refractivity contribution in [2.45, 2.75) is 6.23 Å². The Morgan fingerprint density at radius 3 is 2.50 bits per heavy atom. The number of hydrogen-bond acceptors (Lipinski definition) is 7. The van der Waals surface area contributed by atoms with Crippen LogP contribution in [0.1, 0.15) is 11.8 Å². The molecule has 1 aromatic carbocycles. The maximum Gasteiger partial charge on any atom is 0.412 e. The van der Waals surface area contributed by atoms with Crippen molar-refractivity contribution in [1.29, 1.82) is 0 Å². The van der Waals surface area contributed by atoms with Crippen LogP contribution in [0.15, 0.2) is 30.6 Å². The third kappa shape index (κ3) is 3.69. The van der Waals surface area contributed by atoms with Gasteiger partial charge in [0.05, 0.1) is 6.54 Å². The molecule has 2 saturated heterocycles. The molecule has 0 spiro atoms. The molecule has 2 aliphatic rings. The first kappa shape index (κ1) is 18.8. The fraction of sp³-hybridized carbons (Fsp3) is 0.389. The summed E-state index contributed by atoms with van der Waals surface area (Å²) in [5.41, 5.74) is 1.06. The zero-order chi connectivity index (χ0) is 19.7. The van der Waals surface area contributed by atoms with Crippen molar-refractivity contribution < 1.29 is 23.2 Å². The summed E-state index contributed by atoms with van der Waals surface area (Å²) in [6.07, 6.45) is 1.20. The van der Waals surface area contributed by atoms with Crippen LogP contribution in [-0.4, -0.2) is 68.0 Å². The molecule has 0 bridgehead atoms. The van der Waals surface area contributed by atoms with Gasteiger partial charge >= 0.3 is 6.09 Å². The van der Waals surface area contributed by atoms with E-state index in [4.69, 9.17) is 4.74 Å². The van der Waals surface area contributed by atoms with E-state index in [2.05, 4.69) is 9.97 Å². The van der Waals surface area contributed by atoms with Crippen LogP contribution in [0.25, 0.3) is 11.1 Å². The molecular formula is C18H19FN4O4S. The maximum atomic E-state index is 14.6. The number of hydrogen-bond donors (Lipinski definition) is 1. The van der Waals surface area contributed by atoms with Crippen LogP contribution in [0.5, 0.6) is 0 Å². The highest BCUT2D eigenvalue weighted by molar-refractivity contribution is 7.85. The highest BCUT2D eigenvalue weighted by Crippen LogP contribution is 2.28. The lowest BCUT2D eigenvalue weighted by Crippen LogP contribution is -2.38. The van der Waals surface area contributed by atoms with E-state index in [-0.39, 0.29) is 18.7 Å². The lowest BCUT2D eigenvalue weighted by atomic mass is 10.0. The van der Waals surface area contributed by atoms with Gasteiger partial charge in [-0.05, 0) is 6.07 Å². The molecule has 1 aromatic heterocycles. The molecule has 0 aliphatic carbocycles. The monoisotopic (exact) mass is 406 g/mol. The van der Waals surface area contributed by atoms with E-state index in [0.29, 0.717) is 41.7 Å². The number of nitrogens with zero attached hydrogens (tertiary/aromatic N) is 4. The molecule has 3 heterocycles. The minimum Gasteiger partial charge on any atom is -0.447 e. The summed E-state index contributed by atoms with van der Waals surface area (Å²) in [6.45, 7) is 1.72. The lowest BCUT2D eigenvalue weighted by molar-refractivity contribution is 0.0362. The van der Waals surface area contributed by atoms with Crippen molar-refractivity contribution >= 4 is 22.8 Å². The van der Waals surface area contributed by atoms with E-state index in [0.717, 1.165) is 4.90 Å². The third-order valence-corrected chi connectivity index (χ3v) is 6.06. The number of carbonyl (C=O) groups is 1. The van der Waals surface area contributed by atoms with Crippen LogP contribution in [0, 0.1) is 5.82 Å². The van der Waals surface area contributed by atoms with E-state index >= 15 is 0 Å². The molecule has 1 N–H and O–H groups in total. The zero-order valence-corrected chi connectivity index (χ0v) is 15.8. The Bertz CT molecular complexity index is 901. The fourth-order valence-electron chi connectivity index (χ4n) is 3.20. The van der Waals surface area contributed by atoms with Gasteiger partial charge in [0, 0.05) is 64.5 Å². The van der Waals surface area contributed by atoms with E-state index in [1.54, 1.807) is 18.5 Å². The van der Waals surface area contributed by atoms with Crippen molar-refractivity contribution in [3.63, 3.8) is 0 Å². The van der Waals surface area contributed by atoms with Crippen LogP contribution in [0.3, 0.4) is 0 Å². The van der Waals surface area contributed by atoms with Gasteiger partial charge in [0.2, 0.25) is 5.95 Å². The van der Waals surface area contributed by atoms with Gasteiger partial charge in [-0.1, -0.05) is 12.1 Å². The standard InChI is InChI=1S/C18H19FN4O4S/c19-15-9-12(16(24)23-3-6-27-18(23)25)1-2-14(15)13-10-20-17(21-11-13)22-4-7-28(26)8-5-22/h1-2,9-11,16,24H,3-8H2. The van der Waals surface area contributed by atoms with Crippen LogP contribution >= 0.6 is 0 Å². The molecule has 8 nitrogen and oxygen atoms in total. The molecule has 2 aromatic rings. The van der Waals surface area contributed by atoms with Gasteiger partial charge in [-0.3, -0.25) is 9.11 Å². The molecule has 4 rings (SSSR count). The van der Waals surface area contributed by atoms with Crippen LogP contribution in [-0.2, 0) is 15.5 Å². The maximum absolute atomic E-state index is 14.6. The SMILES string of the molecule is O=C1OCCN1C(O)c1ccc(-c2cnc(N3CCS(=O)CC3)nc2)c(F)c1. The Balaban J connectivity index is 1.51. The predicted octanol–water partition coefficient (Wildman–Crippen LogP) is 1.29. The topological polar surface area (TPSA) is 95.9 Å². The average Bonchev–Trinajstić information content (AvgIpc) is 3.14. The summed E-state index contributed by atoms with van der Waals surface area (Å²) in [5, 5.41) is 10.3. The summed E-state index contributed by atoms with van der Waals surface area (Å²) in [4.78, 5) is 23.3. The smallest absolute Gasteiger partial charge is 0.412 e. The number of benzene rings is 1.